The van der Waals surface area contributed by atoms with E-state index in [1.807, 2.05) is 28.6 Å². The molecule has 2 atom stereocenters. The molecular weight excluding hydrogens is 454 g/mol. The van der Waals surface area contributed by atoms with Crippen LogP contribution in [0.25, 0.3) is 0 Å². The van der Waals surface area contributed by atoms with E-state index in [-0.39, 0.29) is 17.0 Å². The summed E-state index contributed by atoms with van der Waals surface area (Å²) in [5, 5.41) is 5.89. The van der Waals surface area contributed by atoms with Gasteiger partial charge in [0.1, 0.15) is 5.37 Å². The first kappa shape index (κ1) is 22.3. The lowest BCUT2D eigenvalue weighted by Crippen LogP contribution is -2.18. The minimum Gasteiger partial charge on any atom is -0.326 e. The normalized spacial score (nSPS) is 17.7. The lowest BCUT2D eigenvalue weighted by Gasteiger charge is -2.23. The molecule has 4 rings (SSSR count). The van der Waals surface area contributed by atoms with E-state index in [9.17, 15) is 26.3 Å². The number of nitrogens with zero attached hydrogens (tertiary/aromatic N) is 4. The van der Waals surface area contributed by atoms with Gasteiger partial charge in [-0.15, -0.1) is 11.8 Å². The van der Waals surface area contributed by atoms with Crippen molar-refractivity contribution in [1.82, 2.24) is 14.8 Å². The quantitative estimate of drug-likeness (QED) is 0.400. The van der Waals surface area contributed by atoms with E-state index in [2.05, 4.69) is 10.1 Å². The van der Waals surface area contributed by atoms with E-state index in [0.29, 0.717) is 11.8 Å². The van der Waals surface area contributed by atoms with Crippen molar-refractivity contribution in [3.8, 4) is 0 Å². The molecule has 168 valence electrons. The van der Waals surface area contributed by atoms with Crippen molar-refractivity contribution in [3.05, 3.63) is 89.0 Å². The van der Waals surface area contributed by atoms with Crippen molar-refractivity contribution < 1.29 is 26.3 Å². The summed E-state index contributed by atoms with van der Waals surface area (Å²) in [7, 11) is 0. The molecule has 2 aromatic heterocycles. The van der Waals surface area contributed by atoms with Gasteiger partial charge in [-0.25, -0.2) is 0 Å². The number of rotatable bonds is 4. The molecule has 4 nitrogen and oxygen atoms in total. The standard InChI is InChI=1S/C21H16F6N4S/c1-13(16-6-5-14(20(22,23)24)10-17(16)21(25,26)27)31-12-15(11-29-31)30-8-9-32-19(30)18-4-2-3-7-28-18/h2-13,19H,1H3. The summed E-state index contributed by atoms with van der Waals surface area (Å²) in [4.78, 5) is 6.22. The number of halogens is 6. The second-order valence-electron chi connectivity index (χ2n) is 7.09. The first-order valence-electron chi connectivity index (χ1n) is 9.39. The minimum absolute atomic E-state index is 0.146. The van der Waals surface area contributed by atoms with Crippen LogP contribution in [-0.2, 0) is 12.4 Å². The molecule has 11 heteroatoms. The number of aromatic nitrogens is 3. The number of anilines is 1. The van der Waals surface area contributed by atoms with Crippen LogP contribution in [0.2, 0.25) is 0 Å². The van der Waals surface area contributed by atoms with E-state index in [0.717, 1.165) is 11.8 Å². The Morgan fingerprint density at radius 1 is 1.03 bits per heavy atom. The van der Waals surface area contributed by atoms with Crippen LogP contribution in [0.1, 0.15) is 40.7 Å². The van der Waals surface area contributed by atoms with Gasteiger partial charge in [0, 0.05) is 18.6 Å². The minimum atomic E-state index is -4.95. The van der Waals surface area contributed by atoms with Crippen molar-refractivity contribution in [2.45, 2.75) is 30.7 Å². The van der Waals surface area contributed by atoms with Crippen molar-refractivity contribution in [2.75, 3.05) is 4.90 Å². The highest BCUT2D eigenvalue weighted by molar-refractivity contribution is 8.02. The molecule has 0 bridgehead atoms. The molecule has 0 spiro atoms. The zero-order chi connectivity index (χ0) is 23.1. The first-order chi connectivity index (χ1) is 15.1. The number of alkyl halides is 6. The molecule has 1 aliphatic rings. The van der Waals surface area contributed by atoms with E-state index in [1.54, 1.807) is 18.5 Å². The fourth-order valence-electron chi connectivity index (χ4n) is 3.43. The van der Waals surface area contributed by atoms with Gasteiger partial charge in [-0.3, -0.25) is 9.67 Å². The third-order valence-corrected chi connectivity index (χ3v) is 6.05. The Bertz CT molecular complexity index is 1120. The van der Waals surface area contributed by atoms with Crippen LogP contribution in [0.5, 0.6) is 0 Å². The van der Waals surface area contributed by atoms with Crippen molar-refractivity contribution >= 4 is 17.4 Å². The van der Waals surface area contributed by atoms with Crippen LogP contribution in [0.15, 0.2) is 66.6 Å². The van der Waals surface area contributed by atoms with Gasteiger partial charge in [-0.2, -0.15) is 31.4 Å². The summed E-state index contributed by atoms with van der Waals surface area (Å²) in [6.07, 6.45) is -3.27. The predicted octanol–water partition coefficient (Wildman–Crippen LogP) is 6.65. The van der Waals surface area contributed by atoms with Gasteiger partial charge in [0.15, 0.2) is 0 Å². The molecule has 32 heavy (non-hydrogen) atoms. The summed E-state index contributed by atoms with van der Waals surface area (Å²) in [5.41, 5.74) is -1.56. The van der Waals surface area contributed by atoms with Gasteiger partial charge in [0.05, 0.1) is 34.7 Å². The zero-order valence-electron chi connectivity index (χ0n) is 16.5. The Balaban J connectivity index is 1.66. The molecule has 0 amide bonds. The third kappa shape index (κ3) is 4.34. The Morgan fingerprint density at radius 3 is 2.47 bits per heavy atom. The van der Waals surface area contributed by atoms with Crippen LogP contribution in [0.4, 0.5) is 32.0 Å². The second-order valence-corrected chi connectivity index (χ2v) is 8.08. The Hall–Kier alpha value is -2.95. The summed E-state index contributed by atoms with van der Waals surface area (Å²) < 4.78 is 80.9. The average molecular weight is 470 g/mol. The maximum atomic E-state index is 13.6. The monoisotopic (exact) mass is 470 g/mol. The van der Waals surface area contributed by atoms with Crippen molar-refractivity contribution in [1.29, 1.82) is 0 Å². The SMILES string of the molecule is CC(c1ccc(C(F)(F)F)cc1C(F)(F)F)n1cc(N2C=CSC2c2ccccn2)cn1. The first-order valence-corrected chi connectivity index (χ1v) is 10.3. The Labute approximate surface area is 183 Å². The van der Waals surface area contributed by atoms with Crippen LogP contribution >= 0.6 is 11.8 Å². The van der Waals surface area contributed by atoms with Gasteiger partial charge >= 0.3 is 12.4 Å². The average Bonchev–Trinajstić information content (AvgIpc) is 3.41. The maximum absolute atomic E-state index is 13.6. The Kier molecular flexibility index (Phi) is 5.70. The third-order valence-electron chi connectivity index (χ3n) is 5.04. The van der Waals surface area contributed by atoms with Gasteiger partial charge in [0.2, 0.25) is 0 Å². The van der Waals surface area contributed by atoms with Crippen LogP contribution < -0.4 is 4.90 Å². The molecule has 0 fully saturated rings. The fourth-order valence-corrected chi connectivity index (χ4v) is 4.38. The van der Waals surface area contributed by atoms with Crippen LogP contribution in [-0.4, -0.2) is 14.8 Å². The molecule has 0 saturated heterocycles. The number of thioether (sulfide) groups is 1. The summed E-state index contributed by atoms with van der Waals surface area (Å²) in [6, 6.07) is 6.23. The molecule has 0 N–H and O–H groups in total. The highest BCUT2D eigenvalue weighted by Gasteiger charge is 2.39. The number of hydrogen-bond donors (Lipinski definition) is 0. The molecule has 2 unspecified atom stereocenters. The smallest absolute Gasteiger partial charge is 0.326 e. The number of benzene rings is 1. The molecule has 3 heterocycles. The van der Waals surface area contributed by atoms with E-state index >= 15 is 0 Å². The topological polar surface area (TPSA) is 34.0 Å². The molecular formula is C21H16F6N4S. The lowest BCUT2D eigenvalue weighted by atomic mass is 9.98. The molecule has 1 aromatic carbocycles. The number of hydrogen-bond acceptors (Lipinski definition) is 4. The second kappa shape index (κ2) is 8.19. The van der Waals surface area contributed by atoms with Gasteiger partial charge in [-0.1, -0.05) is 12.1 Å². The zero-order valence-corrected chi connectivity index (χ0v) is 17.3. The predicted molar refractivity (Wildman–Crippen MR) is 109 cm³/mol. The molecule has 3 aromatic rings. The summed E-state index contributed by atoms with van der Waals surface area (Å²) in [5.74, 6) is 0. The van der Waals surface area contributed by atoms with Gasteiger partial charge in [0.25, 0.3) is 0 Å². The molecule has 0 aliphatic carbocycles. The largest absolute Gasteiger partial charge is 0.416 e. The highest BCUT2D eigenvalue weighted by atomic mass is 32.2. The van der Waals surface area contributed by atoms with Gasteiger partial charge < -0.3 is 4.90 Å². The van der Waals surface area contributed by atoms with Gasteiger partial charge in [-0.05, 0) is 42.2 Å². The summed E-state index contributed by atoms with van der Waals surface area (Å²) in [6.45, 7) is 1.46. The lowest BCUT2D eigenvalue weighted by molar-refractivity contribution is -0.143. The molecule has 0 radical (unpaired) electrons. The molecule has 0 saturated carbocycles. The maximum Gasteiger partial charge on any atom is 0.416 e. The highest BCUT2D eigenvalue weighted by Crippen LogP contribution is 2.42. The van der Waals surface area contributed by atoms with Crippen molar-refractivity contribution in [2.24, 2.45) is 0 Å². The number of pyridine rings is 1. The van der Waals surface area contributed by atoms with E-state index in [4.69, 9.17) is 0 Å². The van der Waals surface area contributed by atoms with E-state index < -0.39 is 29.5 Å². The Morgan fingerprint density at radius 2 is 1.81 bits per heavy atom. The fraction of sp³-hybridized carbons (Fsp3) is 0.238. The van der Waals surface area contributed by atoms with Crippen molar-refractivity contribution in [3.63, 3.8) is 0 Å². The van der Waals surface area contributed by atoms with Crippen LogP contribution in [0.3, 0.4) is 0 Å². The summed E-state index contributed by atoms with van der Waals surface area (Å²) >= 11 is 1.51. The van der Waals surface area contributed by atoms with E-state index in [1.165, 1.54) is 29.6 Å². The van der Waals surface area contributed by atoms with Crippen LogP contribution in [0, 0.1) is 0 Å². The molecule has 1 aliphatic heterocycles.